The van der Waals surface area contributed by atoms with Gasteiger partial charge in [0.05, 0.1) is 0 Å². The van der Waals surface area contributed by atoms with Crippen molar-refractivity contribution in [1.82, 2.24) is 9.38 Å². The summed E-state index contributed by atoms with van der Waals surface area (Å²) in [6, 6.07) is 41.1. The number of hydrogen-bond donors (Lipinski definition) is 1. The quantitative estimate of drug-likeness (QED) is 0.144. The minimum absolute atomic E-state index is 0.352. The van der Waals surface area contributed by atoms with Crippen molar-refractivity contribution < 1.29 is 9.53 Å². The predicted octanol–water partition coefficient (Wildman–Crippen LogP) is 8.11. The smallest absolute Gasteiger partial charge is 0.323 e. The number of benzene rings is 4. The van der Waals surface area contributed by atoms with Crippen molar-refractivity contribution in [3.8, 4) is 17.0 Å². The van der Waals surface area contributed by atoms with Gasteiger partial charge >= 0.3 is 5.97 Å². The number of anilines is 1. The van der Waals surface area contributed by atoms with Gasteiger partial charge in [-0.05, 0) is 56.9 Å². The molecule has 0 saturated carbocycles. The summed E-state index contributed by atoms with van der Waals surface area (Å²) < 4.78 is 9.13. The lowest BCUT2D eigenvalue weighted by atomic mass is 9.91. The van der Waals surface area contributed by atoms with Crippen LogP contribution >= 0.6 is 15.9 Å². The Balaban J connectivity index is 1.40. The highest BCUT2D eigenvalue weighted by molar-refractivity contribution is 9.10. The average Bonchev–Trinajstić information content (AvgIpc) is 3.35. The number of para-hydroxylation sites is 1. The summed E-state index contributed by atoms with van der Waals surface area (Å²) in [5, 5.41) is 3.57. The van der Waals surface area contributed by atoms with Gasteiger partial charge in [0.15, 0.2) is 0 Å². The first-order valence-corrected chi connectivity index (χ1v) is 13.8. The van der Waals surface area contributed by atoms with Gasteiger partial charge in [0.25, 0.3) is 0 Å². The molecule has 0 unspecified atom stereocenters. The van der Waals surface area contributed by atoms with Crippen LogP contribution in [0.3, 0.4) is 0 Å². The van der Waals surface area contributed by atoms with Crippen molar-refractivity contribution in [3.05, 3.63) is 155 Å². The third kappa shape index (κ3) is 5.40. The molecular formula is C34H26BrN3O2. The topological polar surface area (TPSA) is 55.6 Å². The molecule has 0 fully saturated rings. The summed E-state index contributed by atoms with van der Waals surface area (Å²) in [4.78, 5) is 18.8. The number of carbonyl (C=O) groups is 1. The Bertz CT molecular complexity index is 1710. The van der Waals surface area contributed by atoms with E-state index in [1.807, 2.05) is 126 Å². The molecule has 4 aromatic carbocycles. The van der Waals surface area contributed by atoms with Crippen LogP contribution in [0.2, 0.25) is 0 Å². The first kappa shape index (κ1) is 25.6. The second-order valence-corrected chi connectivity index (χ2v) is 10.3. The molecule has 1 N–H and O–H groups in total. The lowest BCUT2D eigenvalue weighted by molar-refractivity contribution is -0.135. The third-order valence-electron chi connectivity index (χ3n) is 6.74. The van der Waals surface area contributed by atoms with Crippen LogP contribution in [0.5, 0.6) is 5.75 Å². The van der Waals surface area contributed by atoms with Gasteiger partial charge in [-0.1, -0.05) is 103 Å². The fraction of sp³-hybridized carbons (Fsp3) is 0.0588. The molecule has 0 saturated heterocycles. The molecule has 0 aliphatic carbocycles. The molecule has 2 aromatic heterocycles. The molecule has 6 rings (SSSR count). The molecule has 196 valence electrons. The van der Waals surface area contributed by atoms with Crippen LogP contribution < -0.4 is 10.1 Å². The summed E-state index contributed by atoms with van der Waals surface area (Å²) in [5.41, 5.74) is 5.10. The summed E-state index contributed by atoms with van der Waals surface area (Å²) in [6.07, 6.45) is 1.98. The molecular weight excluding hydrogens is 562 g/mol. The summed E-state index contributed by atoms with van der Waals surface area (Å²) in [5.74, 6) is 0.347. The van der Waals surface area contributed by atoms with Gasteiger partial charge in [0, 0.05) is 22.8 Å². The normalized spacial score (nSPS) is 11.1. The number of nitrogens with zero attached hydrogens (tertiary/aromatic N) is 2. The van der Waals surface area contributed by atoms with Crippen LogP contribution in [0.15, 0.2) is 138 Å². The second-order valence-electron chi connectivity index (χ2n) is 9.40. The molecule has 0 aliphatic heterocycles. The summed E-state index contributed by atoms with van der Waals surface area (Å²) >= 11 is 3.59. The van der Waals surface area contributed by atoms with Gasteiger partial charge in [0.1, 0.15) is 28.8 Å². The zero-order valence-corrected chi connectivity index (χ0v) is 23.2. The van der Waals surface area contributed by atoms with Gasteiger partial charge in [0.2, 0.25) is 0 Å². The van der Waals surface area contributed by atoms with Gasteiger partial charge in [-0.3, -0.25) is 9.20 Å². The molecule has 5 nitrogen and oxygen atoms in total. The van der Waals surface area contributed by atoms with Crippen molar-refractivity contribution in [3.63, 3.8) is 0 Å². The lowest BCUT2D eigenvalue weighted by Crippen LogP contribution is -2.20. The van der Waals surface area contributed by atoms with E-state index in [-0.39, 0.29) is 5.97 Å². The van der Waals surface area contributed by atoms with Gasteiger partial charge in [-0.2, -0.15) is 0 Å². The molecule has 40 heavy (non-hydrogen) atoms. The minimum atomic E-state index is -0.567. The number of fused-ring (bicyclic) bond motifs is 1. The van der Waals surface area contributed by atoms with Crippen LogP contribution in [0.1, 0.15) is 22.6 Å². The maximum absolute atomic E-state index is 13.8. The SMILES string of the molecule is O=C(Oc1ccccc1-c1nc2ccc(Br)cn2c1NCc1ccccc1)C(c1ccccc1)c1ccccc1. The average molecular weight is 589 g/mol. The van der Waals surface area contributed by atoms with E-state index in [4.69, 9.17) is 9.72 Å². The van der Waals surface area contributed by atoms with Gasteiger partial charge < -0.3 is 10.1 Å². The van der Waals surface area contributed by atoms with E-state index in [9.17, 15) is 4.79 Å². The number of esters is 1. The number of halogens is 1. The monoisotopic (exact) mass is 587 g/mol. The number of imidazole rings is 1. The lowest BCUT2D eigenvalue weighted by Gasteiger charge is -2.18. The molecule has 0 amide bonds. The Labute approximate surface area is 241 Å². The van der Waals surface area contributed by atoms with Crippen molar-refractivity contribution in [2.24, 2.45) is 0 Å². The fourth-order valence-corrected chi connectivity index (χ4v) is 5.17. The number of nitrogens with one attached hydrogen (secondary N) is 1. The van der Waals surface area contributed by atoms with Crippen molar-refractivity contribution in [2.45, 2.75) is 12.5 Å². The van der Waals surface area contributed by atoms with Gasteiger partial charge in [-0.15, -0.1) is 0 Å². The van der Waals surface area contributed by atoms with E-state index < -0.39 is 5.92 Å². The summed E-state index contributed by atoms with van der Waals surface area (Å²) in [7, 11) is 0. The Morgan fingerprint density at radius 3 is 2.05 bits per heavy atom. The van der Waals surface area contributed by atoms with Crippen molar-refractivity contribution in [1.29, 1.82) is 0 Å². The van der Waals surface area contributed by atoms with Gasteiger partial charge in [-0.25, -0.2) is 4.98 Å². The maximum Gasteiger partial charge on any atom is 0.323 e. The third-order valence-corrected chi connectivity index (χ3v) is 7.21. The molecule has 0 radical (unpaired) electrons. The largest absolute Gasteiger partial charge is 0.425 e. The minimum Gasteiger partial charge on any atom is -0.425 e. The van der Waals surface area contributed by atoms with E-state index in [1.54, 1.807) is 0 Å². The first-order chi connectivity index (χ1) is 19.7. The van der Waals surface area contributed by atoms with Crippen molar-refractivity contribution >= 4 is 33.4 Å². The second kappa shape index (κ2) is 11.6. The molecule has 0 aliphatic rings. The van der Waals surface area contributed by atoms with E-state index in [2.05, 4.69) is 33.4 Å². The van der Waals surface area contributed by atoms with E-state index >= 15 is 0 Å². The number of ether oxygens (including phenoxy) is 1. The molecule has 0 atom stereocenters. The van der Waals surface area contributed by atoms with Crippen molar-refractivity contribution in [2.75, 3.05) is 5.32 Å². The molecule has 0 spiro atoms. The predicted molar refractivity (Wildman–Crippen MR) is 162 cm³/mol. The number of aromatic nitrogens is 2. The molecule has 2 heterocycles. The molecule has 6 aromatic rings. The zero-order valence-electron chi connectivity index (χ0n) is 21.6. The fourth-order valence-electron chi connectivity index (χ4n) is 4.83. The number of rotatable bonds is 8. The first-order valence-electron chi connectivity index (χ1n) is 13.0. The Hall–Kier alpha value is -4.68. The number of pyridine rings is 1. The van der Waals surface area contributed by atoms with E-state index in [1.165, 1.54) is 0 Å². The van der Waals surface area contributed by atoms with E-state index in [0.29, 0.717) is 18.0 Å². The van der Waals surface area contributed by atoms with Crippen LogP contribution in [0.25, 0.3) is 16.9 Å². The number of hydrogen-bond acceptors (Lipinski definition) is 4. The van der Waals surface area contributed by atoms with E-state index in [0.717, 1.165) is 38.2 Å². The molecule has 0 bridgehead atoms. The van der Waals surface area contributed by atoms with Crippen LogP contribution in [0, 0.1) is 0 Å². The van der Waals surface area contributed by atoms with Crippen LogP contribution in [-0.2, 0) is 11.3 Å². The van der Waals surface area contributed by atoms with Crippen LogP contribution in [0.4, 0.5) is 5.82 Å². The Morgan fingerprint density at radius 1 is 0.775 bits per heavy atom. The highest BCUT2D eigenvalue weighted by atomic mass is 79.9. The standard InChI is InChI=1S/C34H26BrN3O2/c35-27-20-21-30-37-32(33(38(30)23-27)36-22-24-12-4-1-5-13-24)28-18-10-11-19-29(28)40-34(39)31(25-14-6-2-7-15-25)26-16-8-3-9-17-26/h1-21,23,31,36H,22H2. The molecule has 6 heteroatoms. The van der Waals surface area contributed by atoms with Crippen LogP contribution in [-0.4, -0.2) is 15.4 Å². The summed E-state index contributed by atoms with van der Waals surface area (Å²) in [6.45, 7) is 0.611. The Morgan fingerprint density at radius 2 is 1.38 bits per heavy atom. The highest BCUT2D eigenvalue weighted by Crippen LogP contribution is 2.37. The number of carbonyl (C=O) groups excluding carboxylic acids is 1. The Kier molecular flexibility index (Phi) is 7.42. The zero-order chi connectivity index (χ0) is 27.3. The maximum atomic E-state index is 13.8. The highest BCUT2D eigenvalue weighted by Gasteiger charge is 2.26.